The fourth-order valence-electron chi connectivity index (χ4n) is 4.98. The van der Waals surface area contributed by atoms with Crippen LogP contribution in [0.4, 0.5) is 13.2 Å². The molecule has 0 saturated carbocycles. The maximum Gasteiger partial charge on any atom is 0.341 e. The molecule has 0 unspecified atom stereocenters. The fourth-order valence-corrected chi connectivity index (χ4v) is 6.37. The van der Waals surface area contributed by atoms with E-state index in [2.05, 4.69) is 4.98 Å². The number of carboxylic acids is 1. The summed E-state index contributed by atoms with van der Waals surface area (Å²) in [6.45, 7) is 1.99. The molecule has 0 amide bonds. The van der Waals surface area contributed by atoms with Crippen molar-refractivity contribution in [3.63, 3.8) is 0 Å². The zero-order valence-corrected chi connectivity index (χ0v) is 22.6. The van der Waals surface area contributed by atoms with E-state index in [-0.39, 0.29) is 40.6 Å². The molecule has 0 radical (unpaired) electrons. The minimum atomic E-state index is -3.80. The van der Waals surface area contributed by atoms with Gasteiger partial charge in [-0.1, -0.05) is 29.8 Å². The molecule has 0 atom stereocenters. The summed E-state index contributed by atoms with van der Waals surface area (Å²) in [5.74, 6) is -4.51. The van der Waals surface area contributed by atoms with Gasteiger partial charge in [0.15, 0.2) is 0 Å². The lowest BCUT2D eigenvalue weighted by Gasteiger charge is -2.15. The van der Waals surface area contributed by atoms with E-state index in [0.717, 1.165) is 34.5 Å². The van der Waals surface area contributed by atoms with Gasteiger partial charge in [-0.05, 0) is 54.4 Å². The lowest BCUT2D eigenvalue weighted by Crippen LogP contribution is -2.25. The van der Waals surface area contributed by atoms with Crippen LogP contribution < -0.4 is 5.43 Å². The third-order valence-electron chi connectivity index (χ3n) is 7.16. The average molecular weight is 592 g/mol. The van der Waals surface area contributed by atoms with Crippen LogP contribution in [-0.2, 0) is 23.1 Å². The van der Waals surface area contributed by atoms with Gasteiger partial charge in [-0.15, -0.1) is 0 Å². The van der Waals surface area contributed by atoms with Gasteiger partial charge in [0.1, 0.15) is 34.4 Å². The molecule has 1 aliphatic heterocycles. The highest BCUT2D eigenvalue weighted by molar-refractivity contribution is 7.89. The van der Waals surface area contributed by atoms with E-state index in [1.165, 1.54) is 16.4 Å². The SMILES string of the molecule is Cc1ccc(S(=O)(=O)N2Cc3ccc(-c4nc5c(cc4F)c(=O)c(C(=O)O)cn5-c4ccc(F)cc4F)cc3C2)cc1. The number of aromatic nitrogens is 2. The summed E-state index contributed by atoms with van der Waals surface area (Å²) in [4.78, 5) is 29.1. The Labute approximate surface area is 237 Å². The summed E-state index contributed by atoms with van der Waals surface area (Å²) in [6.07, 6.45) is 0.856. The third kappa shape index (κ3) is 4.54. The first-order valence-corrected chi connectivity index (χ1v) is 14.0. The average Bonchev–Trinajstić information content (AvgIpc) is 3.38. The molecule has 3 heterocycles. The van der Waals surface area contributed by atoms with Crippen molar-refractivity contribution in [2.24, 2.45) is 0 Å². The van der Waals surface area contributed by atoms with Crippen molar-refractivity contribution in [3.8, 4) is 16.9 Å². The molecule has 8 nitrogen and oxygen atoms in total. The van der Waals surface area contributed by atoms with E-state index in [0.29, 0.717) is 17.2 Å². The molecule has 1 N–H and O–H groups in total. The van der Waals surface area contributed by atoms with Crippen LogP contribution in [0.25, 0.3) is 28.0 Å². The number of aromatic carboxylic acids is 1. The minimum absolute atomic E-state index is 0.0298. The molecule has 5 aromatic rings. The molecule has 0 fully saturated rings. The Bertz CT molecular complexity index is 2110. The van der Waals surface area contributed by atoms with Crippen LogP contribution in [0.5, 0.6) is 0 Å². The number of sulfonamides is 1. The van der Waals surface area contributed by atoms with E-state index in [9.17, 15) is 31.9 Å². The zero-order chi connectivity index (χ0) is 29.9. The van der Waals surface area contributed by atoms with E-state index in [4.69, 9.17) is 0 Å². The summed E-state index contributed by atoms with van der Waals surface area (Å²) in [7, 11) is -3.80. The van der Waals surface area contributed by atoms with Gasteiger partial charge >= 0.3 is 5.97 Å². The Balaban J connectivity index is 1.46. The predicted molar refractivity (Wildman–Crippen MR) is 147 cm³/mol. The lowest BCUT2D eigenvalue weighted by molar-refractivity contribution is 0.0695. The van der Waals surface area contributed by atoms with Gasteiger partial charge in [0.05, 0.1) is 16.0 Å². The van der Waals surface area contributed by atoms with Crippen LogP contribution in [0, 0.1) is 24.4 Å². The van der Waals surface area contributed by atoms with Gasteiger partial charge in [0, 0.05) is 30.9 Å². The highest BCUT2D eigenvalue weighted by Gasteiger charge is 2.31. The molecule has 0 saturated heterocycles. The monoisotopic (exact) mass is 591 g/mol. The number of carbonyl (C=O) groups is 1. The predicted octanol–water partition coefficient (Wildman–Crippen LogP) is 5.18. The molecule has 0 aliphatic carbocycles. The van der Waals surface area contributed by atoms with Crippen LogP contribution in [0.1, 0.15) is 27.0 Å². The number of fused-ring (bicyclic) bond motifs is 2. The summed E-state index contributed by atoms with van der Waals surface area (Å²) in [6, 6.07) is 14.7. The Morgan fingerprint density at radius 1 is 0.905 bits per heavy atom. The lowest BCUT2D eigenvalue weighted by atomic mass is 10.0. The molecule has 12 heteroatoms. The Hall–Kier alpha value is -4.81. The van der Waals surface area contributed by atoms with Gasteiger partial charge in [-0.2, -0.15) is 4.31 Å². The summed E-state index contributed by atoms with van der Waals surface area (Å²) < 4.78 is 72.6. The molecule has 1 aliphatic rings. The number of pyridine rings is 2. The number of carboxylic acid groups (broad SMARTS) is 1. The van der Waals surface area contributed by atoms with Crippen LogP contribution in [0.15, 0.2) is 82.6 Å². The van der Waals surface area contributed by atoms with Gasteiger partial charge in [-0.25, -0.2) is 31.4 Å². The van der Waals surface area contributed by atoms with E-state index < -0.39 is 49.8 Å². The van der Waals surface area contributed by atoms with E-state index in [1.54, 1.807) is 30.3 Å². The Kier molecular flexibility index (Phi) is 6.47. The second-order valence-corrected chi connectivity index (χ2v) is 11.8. The number of rotatable bonds is 5. The van der Waals surface area contributed by atoms with Crippen LogP contribution in [-0.4, -0.2) is 33.3 Å². The molecule has 212 valence electrons. The Morgan fingerprint density at radius 2 is 1.62 bits per heavy atom. The van der Waals surface area contributed by atoms with Crippen molar-refractivity contribution >= 4 is 27.0 Å². The number of nitrogens with zero attached hydrogens (tertiary/aromatic N) is 3. The van der Waals surface area contributed by atoms with Crippen molar-refractivity contribution in [2.45, 2.75) is 24.9 Å². The highest BCUT2D eigenvalue weighted by Crippen LogP contribution is 2.33. The molecular weight excluding hydrogens is 571 g/mol. The summed E-state index contributed by atoms with van der Waals surface area (Å²) in [5, 5.41) is 9.12. The molecule has 3 aromatic carbocycles. The van der Waals surface area contributed by atoms with Crippen LogP contribution in [0.3, 0.4) is 0 Å². The summed E-state index contributed by atoms with van der Waals surface area (Å²) in [5.41, 5.74) is -0.0734. The summed E-state index contributed by atoms with van der Waals surface area (Å²) >= 11 is 0. The van der Waals surface area contributed by atoms with Gasteiger partial charge in [0.2, 0.25) is 15.5 Å². The highest BCUT2D eigenvalue weighted by atomic mass is 32.2. The van der Waals surface area contributed by atoms with Gasteiger partial charge in [-0.3, -0.25) is 9.36 Å². The number of hydrogen-bond donors (Lipinski definition) is 1. The normalized spacial score (nSPS) is 13.4. The molecule has 0 spiro atoms. The largest absolute Gasteiger partial charge is 0.477 e. The van der Waals surface area contributed by atoms with Crippen molar-refractivity contribution < 1.29 is 31.5 Å². The topological polar surface area (TPSA) is 110 Å². The second-order valence-electron chi connectivity index (χ2n) is 9.90. The van der Waals surface area contributed by atoms with Gasteiger partial charge < -0.3 is 5.11 Å². The molecule has 0 bridgehead atoms. The first kappa shape index (κ1) is 27.4. The van der Waals surface area contributed by atoms with Crippen molar-refractivity contribution in [2.75, 3.05) is 0 Å². The number of hydrogen-bond acceptors (Lipinski definition) is 5. The van der Waals surface area contributed by atoms with E-state index >= 15 is 4.39 Å². The Morgan fingerprint density at radius 3 is 2.31 bits per heavy atom. The zero-order valence-electron chi connectivity index (χ0n) is 21.8. The van der Waals surface area contributed by atoms with E-state index in [1.807, 2.05) is 6.92 Å². The van der Waals surface area contributed by atoms with Crippen molar-refractivity contribution in [1.82, 2.24) is 13.9 Å². The number of halogens is 3. The van der Waals surface area contributed by atoms with Crippen LogP contribution >= 0.6 is 0 Å². The van der Waals surface area contributed by atoms with Crippen molar-refractivity contribution in [1.29, 1.82) is 0 Å². The number of benzene rings is 3. The van der Waals surface area contributed by atoms with Gasteiger partial charge in [0.25, 0.3) is 0 Å². The molecular formula is C30H20F3N3O5S. The minimum Gasteiger partial charge on any atom is -0.477 e. The first-order valence-electron chi connectivity index (χ1n) is 12.6. The quantitative estimate of drug-likeness (QED) is 0.302. The smallest absolute Gasteiger partial charge is 0.341 e. The third-order valence-corrected chi connectivity index (χ3v) is 8.97. The number of aryl methyl sites for hydroxylation is 1. The van der Waals surface area contributed by atoms with Crippen molar-refractivity contribution in [3.05, 3.63) is 123 Å². The maximum absolute atomic E-state index is 15.5. The molecule has 42 heavy (non-hydrogen) atoms. The molecule has 2 aromatic heterocycles. The maximum atomic E-state index is 15.5. The fraction of sp³-hybridized carbons (Fsp3) is 0.100. The molecule has 6 rings (SSSR count). The van der Waals surface area contributed by atoms with Crippen LogP contribution in [0.2, 0.25) is 0 Å². The standard InChI is InChI=1S/C30H20F3N3O5S/c1-16-2-7-21(8-3-16)42(40,41)35-13-18-5-4-17(10-19(18)14-35)27-25(33)12-22-28(37)23(30(38)39)15-36(29(22)34-27)26-9-6-20(31)11-24(26)32/h2-12,15H,13-14H2,1H3,(H,38,39). The second kappa shape index (κ2) is 9.93. The first-order chi connectivity index (χ1) is 19.9.